The summed E-state index contributed by atoms with van der Waals surface area (Å²) < 4.78 is 0. The first kappa shape index (κ1) is 21.1. The molecule has 1 amide bonds. The molecule has 1 aromatic heterocycles. The number of rotatable bonds is 7. The van der Waals surface area contributed by atoms with Gasteiger partial charge in [0, 0.05) is 22.3 Å². The Hall–Kier alpha value is -3.11. The fraction of sp³-hybridized carbons (Fsp3) is 0.185. The lowest BCUT2D eigenvalue weighted by atomic mass is 9.96. The molecule has 0 fully saturated rings. The van der Waals surface area contributed by atoms with E-state index in [0.717, 1.165) is 45.3 Å². The van der Waals surface area contributed by atoms with Gasteiger partial charge >= 0.3 is 0 Å². The summed E-state index contributed by atoms with van der Waals surface area (Å²) in [6, 6.07) is 28.2. The predicted octanol–water partition coefficient (Wildman–Crippen LogP) is 6.65. The number of thioether (sulfide) groups is 1. The van der Waals surface area contributed by atoms with Crippen LogP contribution >= 0.6 is 11.8 Å². The second-order valence-electron chi connectivity index (χ2n) is 7.48. The molecule has 0 saturated carbocycles. The molecule has 0 aliphatic rings. The van der Waals surface area contributed by atoms with E-state index in [-0.39, 0.29) is 11.9 Å². The second kappa shape index (κ2) is 9.80. The summed E-state index contributed by atoms with van der Waals surface area (Å²) in [5, 5.41) is 4.19. The lowest BCUT2D eigenvalue weighted by Gasteiger charge is -2.21. The third-order valence-electron chi connectivity index (χ3n) is 5.47. The first-order chi connectivity index (χ1) is 15.2. The highest BCUT2D eigenvalue weighted by Crippen LogP contribution is 2.33. The van der Waals surface area contributed by atoms with E-state index >= 15 is 0 Å². The molecule has 0 radical (unpaired) electrons. The Morgan fingerprint density at radius 1 is 0.935 bits per heavy atom. The number of para-hydroxylation sites is 1. The second-order valence-corrected chi connectivity index (χ2v) is 8.34. The number of amides is 1. The van der Waals surface area contributed by atoms with Crippen molar-refractivity contribution in [3.63, 3.8) is 0 Å². The quantitative estimate of drug-likeness (QED) is 0.360. The van der Waals surface area contributed by atoms with Crippen LogP contribution < -0.4 is 5.32 Å². The van der Waals surface area contributed by atoms with Crippen LogP contribution in [0, 0.1) is 0 Å². The Kier molecular flexibility index (Phi) is 6.68. The van der Waals surface area contributed by atoms with Crippen molar-refractivity contribution in [3.8, 4) is 11.3 Å². The number of fused-ring (bicyclic) bond motifs is 1. The number of hydrogen-bond donors (Lipinski definition) is 1. The molecule has 0 aliphatic carbocycles. The van der Waals surface area contributed by atoms with Gasteiger partial charge in [-0.15, -0.1) is 0 Å². The maximum Gasteiger partial charge on any atom is 0.252 e. The van der Waals surface area contributed by atoms with Gasteiger partial charge in [0.15, 0.2) is 0 Å². The van der Waals surface area contributed by atoms with E-state index < -0.39 is 0 Å². The molecule has 4 aromatic rings. The van der Waals surface area contributed by atoms with Gasteiger partial charge in [0.1, 0.15) is 0 Å². The zero-order valence-corrected chi connectivity index (χ0v) is 18.7. The molecule has 1 atom stereocenters. The molecule has 1 unspecified atom stereocenters. The number of carbonyl (C=O) groups is 1. The summed E-state index contributed by atoms with van der Waals surface area (Å²) in [6.07, 6.45) is 2.88. The molecule has 0 aliphatic heterocycles. The molecular weight excluding hydrogens is 400 g/mol. The van der Waals surface area contributed by atoms with Gasteiger partial charge < -0.3 is 5.32 Å². The van der Waals surface area contributed by atoms with Crippen molar-refractivity contribution >= 4 is 28.6 Å². The van der Waals surface area contributed by atoms with Gasteiger partial charge in [0.05, 0.1) is 22.8 Å². The monoisotopic (exact) mass is 426 g/mol. The minimum Gasteiger partial charge on any atom is -0.345 e. The molecule has 0 spiro atoms. The number of pyridine rings is 1. The summed E-state index contributed by atoms with van der Waals surface area (Å²) in [5.41, 5.74) is 5.58. The van der Waals surface area contributed by atoms with Crippen molar-refractivity contribution in [3.05, 3.63) is 102 Å². The number of benzene rings is 3. The molecule has 4 heteroatoms. The van der Waals surface area contributed by atoms with E-state index in [1.54, 1.807) is 11.8 Å². The summed E-state index contributed by atoms with van der Waals surface area (Å²) in [4.78, 5) is 18.7. The van der Waals surface area contributed by atoms with Crippen LogP contribution in [0.15, 0.2) is 84.9 Å². The van der Waals surface area contributed by atoms with Gasteiger partial charge in [-0.1, -0.05) is 85.8 Å². The van der Waals surface area contributed by atoms with Gasteiger partial charge in [-0.05, 0) is 24.3 Å². The molecule has 1 heterocycles. The third kappa shape index (κ3) is 4.49. The van der Waals surface area contributed by atoms with Crippen LogP contribution in [0.25, 0.3) is 22.2 Å². The minimum atomic E-state index is -0.0458. The van der Waals surface area contributed by atoms with Crippen LogP contribution in [0.4, 0.5) is 0 Å². The maximum absolute atomic E-state index is 13.7. The van der Waals surface area contributed by atoms with Crippen molar-refractivity contribution in [1.29, 1.82) is 0 Å². The zero-order valence-electron chi connectivity index (χ0n) is 17.8. The van der Waals surface area contributed by atoms with Gasteiger partial charge in [-0.2, -0.15) is 11.8 Å². The van der Waals surface area contributed by atoms with E-state index in [1.807, 2.05) is 60.7 Å². The number of aromatic nitrogens is 1. The van der Waals surface area contributed by atoms with Crippen molar-refractivity contribution in [2.45, 2.75) is 25.1 Å². The topological polar surface area (TPSA) is 42.0 Å². The van der Waals surface area contributed by atoms with Gasteiger partial charge in [0.25, 0.3) is 5.91 Å². The molecule has 31 heavy (non-hydrogen) atoms. The SMILES string of the molecule is CCC(NC(=O)c1c(CSC)c(-c2ccccc2)nc2ccccc12)c1ccccc1. The van der Waals surface area contributed by atoms with Crippen LogP contribution in [0.3, 0.4) is 0 Å². The van der Waals surface area contributed by atoms with E-state index in [1.165, 1.54) is 0 Å². The fourth-order valence-corrected chi connectivity index (χ4v) is 4.54. The molecule has 4 rings (SSSR count). The van der Waals surface area contributed by atoms with Gasteiger partial charge in [0.2, 0.25) is 0 Å². The fourth-order valence-electron chi connectivity index (χ4n) is 3.97. The molecule has 3 aromatic carbocycles. The number of carbonyl (C=O) groups excluding carboxylic acids is 1. The first-order valence-corrected chi connectivity index (χ1v) is 11.9. The molecule has 0 bridgehead atoms. The van der Waals surface area contributed by atoms with E-state index in [9.17, 15) is 4.79 Å². The highest BCUT2D eigenvalue weighted by Gasteiger charge is 2.23. The van der Waals surface area contributed by atoms with E-state index in [4.69, 9.17) is 4.98 Å². The van der Waals surface area contributed by atoms with Gasteiger partial charge in [-0.25, -0.2) is 4.98 Å². The summed E-state index contributed by atoms with van der Waals surface area (Å²) in [5.74, 6) is 0.669. The average Bonchev–Trinajstić information content (AvgIpc) is 2.83. The Balaban J connectivity index is 1.87. The standard InChI is InChI=1S/C27H26N2OS/c1-3-23(19-12-6-4-7-13-19)29-27(30)25-21-16-10-11-17-24(21)28-26(22(25)18-31-2)20-14-8-5-9-15-20/h4-17,23H,3,18H2,1-2H3,(H,29,30). The van der Waals surface area contributed by atoms with Crippen molar-refractivity contribution in [2.75, 3.05) is 6.26 Å². The van der Waals surface area contributed by atoms with Crippen LogP contribution in [0.2, 0.25) is 0 Å². The van der Waals surface area contributed by atoms with Crippen LogP contribution in [0.1, 0.15) is 40.9 Å². The smallest absolute Gasteiger partial charge is 0.252 e. The highest BCUT2D eigenvalue weighted by atomic mass is 32.2. The van der Waals surface area contributed by atoms with E-state index in [0.29, 0.717) is 5.75 Å². The lowest BCUT2D eigenvalue weighted by molar-refractivity contribution is 0.0936. The predicted molar refractivity (Wildman–Crippen MR) is 131 cm³/mol. The highest BCUT2D eigenvalue weighted by molar-refractivity contribution is 7.97. The molecule has 0 saturated heterocycles. The Morgan fingerprint density at radius 3 is 2.26 bits per heavy atom. The number of nitrogens with one attached hydrogen (secondary N) is 1. The van der Waals surface area contributed by atoms with Crippen LogP contribution in [-0.4, -0.2) is 17.1 Å². The largest absolute Gasteiger partial charge is 0.345 e. The minimum absolute atomic E-state index is 0.0390. The lowest BCUT2D eigenvalue weighted by Crippen LogP contribution is -2.29. The van der Waals surface area contributed by atoms with Gasteiger partial charge in [-0.3, -0.25) is 4.79 Å². The Bertz CT molecular complexity index is 1180. The summed E-state index contributed by atoms with van der Waals surface area (Å²) >= 11 is 1.70. The van der Waals surface area contributed by atoms with Crippen LogP contribution in [0.5, 0.6) is 0 Å². The third-order valence-corrected chi connectivity index (χ3v) is 6.05. The normalized spacial score (nSPS) is 11.9. The molecule has 156 valence electrons. The Labute approximate surface area is 187 Å². The Morgan fingerprint density at radius 2 is 1.58 bits per heavy atom. The van der Waals surface area contributed by atoms with E-state index in [2.05, 4.69) is 42.8 Å². The first-order valence-electron chi connectivity index (χ1n) is 10.5. The van der Waals surface area contributed by atoms with Crippen molar-refractivity contribution < 1.29 is 4.79 Å². The maximum atomic E-state index is 13.7. The summed E-state index contributed by atoms with van der Waals surface area (Å²) in [6.45, 7) is 2.10. The molecule has 1 N–H and O–H groups in total. The zero-order chi connectivity index (χ0) is 21.6. The summed E-state index contributed by atoms with van der Waals surface area (Å²) in [7, 11) is 0. The molecule has 3 nitrogen and oxygen atoms in total. The number of nitrogens with zero attached hydrogens (tertiary/aromatic N) is 1. The molecular formula is C27H26N2OS. The van der Waals surface area contributed by atoms with Crippen LogP contribution in [-0.2, 0) is 5.75 Å². The van der Waals surface area contributed by atoms with Crippen molar-refractivity contribution in [2.24, 2.45) is 0 Å². The number of hydrogen-bond acceptors (Lipinski definition) is 3. The average molecular weight is 427 g/mol. The van der Waals surface area contributed by atoms with Crippen molar-refractivity contribution in [1.82, 2.24) is 10.3 Å².